The summed E-state index contributed by atoms with van der Waals surface area (Å²) in [6, 6.07) is 28.1. The number of likely N-dealkylation sites (N-methyl/N-ethyl adjacent to an activating group) is 1. The Bertz CT molecular complexity index is 1570. The highest BCUT2D eigenvalue weighted by atomic mass is 32.2. The lowest BCUT2D eigenvalue weighted by Gasteiger charge is -2.49. The van der Waals surface area contributed by atoms with Gasteiger partial charge in [-0.05, 0) is 22.3 Å². The molecule has 0 saturated carbocycles. The number of thioether (sulfide) groups is 1. The normalized spacial score (nSPS) is 21.8. The molecule has 3 aromatic carbocycles. The fourth-order valence-corrected chi connectivity index (χ4v) is 7.15. The zero-order valence-corrected chi connectivity index (χ0v) is 25.0. The molecule has 2 fully saturated rings. The van der Waals surface area contributed by atoms with Gasteiger partial charge in [-0.25, -0.2) is 4.79 Å². The second kappa shape index (κ2) is 13.0. The molecule has 0 radical (unpaired) electrons. The lowest BCUT2D eigenvalue weighted by Crippen LogP contribution is -2.62. The Morgan fingerprint density at radius 3 is 2.16 bits per heavy atom. The van der Waals surface area contributed by atoms with E-state index < -0.39 is 18.0 Å². The summed E-state index contributed by atoms with van der Waals surface area (Å²) in [7, 11) is 1.68. The van der Waals surface area contributed by atoms with Crippen molar-refractivity contribution in [2.24, 2.45) is 5.92 Å². The summed E-state index contributed by atoms with van der Waals surface area (Å²) >= 11 is 1.52. The molecule has 3 aliphatic heterocycles. The van der Waals surface area contributed by atoms with Crippen LogP contribution in [0.25, 0.3) is 0 Å². The minimum atomic E-state index is -0.692. The summed E-state index contributed by atoms with van der Waals surface area (Å²) in [6.07, 6.45) is 3.45. The average Bonchev–Trinajstić information content (AvgIpc) is 3.38. The Hall–Kier alpha value is -4.47. The standard InChI is InChI=1S/C35H32N2O6S/c1-36-27(20-30(39)43-36)18-17-26-22-44-34-29(21-28(38)19-23-11-5-2-6-12-23)33(40)37(34)31(26)35(41)42-32(24-13-7-3-8-14-24)25-15-9-4-10-16-25/h2-18,27,29,32,34H,19-22H2,1H3/b18-17+. The number of allylic oxidation sites excluding steroid dienone is 1. The van der Waals surface area contributed by atoms with Crippen LogP contribution in [0.3, 0.4) is 0 Å². The highest BCUT2D eigenvalue weighted by Gasteiger charge is 2.54. The van der Waals surface area contributed by atoms with Crippen LogP contribution in [-0.4, -0.2) is 57.8 Å². The number of carbonyl (C=O) groups excluding carboxylic acids is 4. The minimum Gasteiger partial charge on any atom is -0.448 e. The lowest BCUT2D eigenvalue weighted by molar-refractivity contribution is -0.167. The molecule has 3 atom stereocenters. The third kappa shape index (κ3) is 6.25. The number of hydrogen-bond donors (Lipinski definition) is 0. The molecular weight excluding hydrogens is 576 g/mol. The van der Waals surface area contributed by atoms with E-state index in [1.165, 1.54) is 21.7 Å². The third-order valence-corrected chi connectivity index (χ3v) is 9.39. The molecule has 3 aliphatic rings. The van der Waals surface area contributed by atoms with Crippen LogP contribution in [0.2, 0.25) is 0 Å². The number of ether oxygens (including phenoxy) is 1. The predicted molar refractivity (Wildman–Crippen MR) is 166 cm³/mol. The number of rotatable bonds is 10. The number of hydroxylamine groups is 2. The van der Waals surface area contributed by atoms with E-state index in [-0.39, 0.29) is 54.0 Å². The highest BCUT2D eigenvalue weighted by Crippen LogP contribution is 2.46. The summed E-state index contributed by atoms with van der Waals surface area (Å²) in [6.45, 7) is 0. The second-order valence-electron chi connectivity index (χ2n) is 11.0. The number of nitrogens with zero attached hydrogens (tertiary/aromatic N) is 2. The molecular formula is C35H32N2O6S. The van der Waals surface area contributed by atoms with Crippen molar-refractivity contribution in [1.82, 2.24) is 9.96 Å². The number of fused-ring (bicyclic) bond motifs is 1. The number of benzene rings is 3. The molecule has 0 aliphatic carbocycles. The van der Waals surface area contributed by atoms with E-state index in [2.05, 4.69) is 0 Å². The van der Waals surface area contributed by atoms with Gasteiger partial charge >= 0.3 is 11.9 Å². The van der Waals surface area contributed by atoms with Crippen LogP contribution in [0.4, 0.5) is 0 Å². The molecule has 0 spiro atoms. The van der Waals surface area contributed by atoms with Gasteiger partial charge in [-0.1, -0.05) is 103 Å². The van der Waals surface area contributed by atoms with Gasteiger partial charge in [0.2, 0.25) is 5.91 Å². The molecule has 3 aromatic rings. The maximum atomic E-state index is 14.1. The zero-order valence-electron chi connectivity index (χ0n) is 24.2. The molecule has 0 bridgehead atoms. The SMILES string of the molecule is CN1OC(=O)CC1/C=C/C1=C(C(=O)OC(c2ccccc2)c2ccccc2)N2C(=O)C(CC(=O)Cc3ccccc3)C2SC1. The summed E-state index contributed by atoms with van der Waals surface area (Å²) in [5.41, 5.74) is 3.29. The van der Waals surface area contributed by atoms with Crippen molar-refractivity contribution in [3.8, 4) is 0 Å². The summed E-state index contributed by atoms with van der Waals surface area (Å²) in [5.74, 6) is -1.32. The van der Waals surface area contributed by atoms with Crippen LogP contribution < -0.4 is 0 Å². The number of carbonyl (C=O) groups is 4. The van der Waals surface area contributed by atoms with Crippen molar-refractivity contribution in [2.45, 2.75) is 36.8 Å². The summed E-state index contributed by atoms with van der Waals surface area (Å²) in [4.78, 5) is 59.1. The fraction of sp³-hybridized carbons (Fsp3) is 0.257. The Morgan fingerprint density at radius 1 is 0.955 bits per heavy atom. The highest BCUT2D eigenvalue weighted by molar-refractivity contribution is 8.00. The third-order valence-electron chi connectivity index (χ3n) is 8.03. The maximum Gasteiger partial charge on any atom is 0.356 e. The largest absolute Gasteiger partial charge is 0.448 e. The van der Waals surface area contributed by atoms with Gasteiger partial charge in [0.15, 0.2) is 6.10 Å². The molecule has 3 unspecified atom stereocenters. The number of amides is 1. The van der Waals surface area contributed by atoms with Crippen LogP contribution in [-0.2, 0) is 35.2 Å². The Balaban J connectivity index is 1.28. The molecule has 6 rings (SSSR count). The molecule has 1 amide bonds. The number of ketones is 1. The lowest BCUT2D eigenvalue weighted by atomic mass is 9.89. The van der Waals surface area contributed by atoms with E-state index >= 15 is 0 Å². The number of β-lactam (4-membered cyclic amide) rings is 1. The molecule has 44 heavy (non-hydrogen) atoms. The smallest absolute Gasteiger partial charge is 0.356 e. The van der Waals surface area contributed by atoms with Gasteiger partial charge in [-0.15, -0.1) is 16.8 Å². The fourth-order valence-electron chi connectivity index (χ4n) is 5.76. The zero-order chi connectivity index (χ0) is 30.6. The van der Waals surface area contributed by atoms with E-state index in [1.807, 2.05) is 97.1 Å². The Kier molecular flexibility index (Phi) is 8.77. The molecule has 0 N–H and O–H groups in total. The van der Waals surface area contributed by atoms with E-state index in [9.17, 15) is 19.2 Å². The van der Waals surface area contributed by atoms with E-state index in [0.29, 0.717) is 11.3 Å². The molecule has 8 nitrogen and oxygen atoms in total. The van der Waals surface area contributed by atoms with Gasteiger partial charge in [0.1, 0.15) is 11.5 Å². The number of esters is 1. The van der Waals surface area contributed by atoms with Crippen LogP contribution in [0.15, 0.2) is 114 Å². The molecule has 2 saturated heterocycles. The van der Waals surface area contributed by atoms with Gasteiger partial charge < -0.3 is 9.57 Å². The maximum absolute atomic E-state index is 14.1. The topological polar surface area (TPSA) is 93.2 Å². The quantitative estimate of drug-likeness (QED) is 0.234. The Labute approximate surface area is 260 Å². The van der Waals surface area contributed by atoms with Crippen molar-refractivity contribution < 1.29 is 28.8 Å². The van der Waals surface area contributed by atoms with Crippen LogP contribution in [0.1, 0.15) is 35.6 Å². The minimum absolute atomic E-state index is 0.0178. The summed E-state index contributed by atoms with van der Waals surface area (Å²) < 4.78 is 6.21. The second-order valence-corrected chi connectivity index (χ2v) is 12.1. The van der Waals surface area contributed by atoms with Crippen molar-refractivity contribution in [1.29, 1.82) is 0 Å². The number of Topliss-reactive ketones (excluding diaryl/α,β-unsaturated/α-hetero) is 1. The van der Waals surface area contributed by atoms with Crippen molar-refractivity contribution >= 4 is 35.4 Å². The van der Waals surface area contributed by atoms with Crippen molar-refractivity contribution in [3.63, 3.8) is 0 Å². The average molecular weight is 609 g/mol. The van der Waals surface area contributed by atoms with Gasteiger partial charge in [-0.2, -0.15) is 0 Å². The van der Waals surface area contributed by atoms with Crippen LogP contribution >= 0.6 is 11.8 Å². The first kappa shape index (κ1) is 29.6. The van der Waals surface area contributed by atoms with Gasteiger partial charge in [0.05, 0.1) is 23.8 Å². The monoisotopic (exact) mass is 608 g/mol. The Morgan fingerprint density at radius 2 is 1.57 bits per heavy atom. The van der Waals surface area contributed by atoms with Gasteiger partial charge in [-0.3, -0.25) is 19.3 Å². The predicted octanol–water partition coefficient (Wildman–Crippen LogP) is 5.03. The molecule has 224 valence electrons. The van der Waals surface area contributed by atoms with Crippen LogP contribution in [0, 0.1) is 5.92 Å². The van der Waals surface area contributed by atoms with Crippen molar-refractivity contribution in [3.05, 3.63) is 131 Å². The number of hydrogen-bond acceptors (Lipinski definition) is 8. The molecule has 3 heterocycles. The van der Waals surface area contributed by atoms with Crippen molar-refractivity contribution in [2.75, 3.05) is 12.8 Å². The first-order chi connectivity index (χ1) is 21.4. The van der Waals surface area contributed by atoms with Crippen LogP contribution in [0.5, 0.6) is 0 Å². The molecule has 9 heteroatoms. The van der Waals surface area contributed by atoms with Gasteiger partial charge in [0.25, 0.3) is 0 Å². The van der Waals surface area contributed by atoms with E-state index in [0.717, 1.165) is 16.7 Å². The van der Waals surface area contributed by atoms with E-state index in [4.69, 9.17) is 9.57 Å². The molecule has 0 aromatic heterocycles. The van der Waals surface area contributed by atoms with E-state index in [1.54, 1.807) is 13.1 Å². The van der Waals surface area contributed by atoms with Gasteiger partial charge in [0, 0.05) is 25.6 Å². The first-order valence-electron chi connectivity index (χ1n) is 14.5. The summed E-state index contributed by atoms with van der Waals surface area (Å²) in [5, 5.41) is 1.12. The first-order valence-corrected chi connectivity index (χ1v) is 15.6.